The minimum Gasteiger partial charge on any atom is -0.493 e. The molecule has 2 aliphatic rings. The molecule has 4 nitrogen and oxygen atoms in total. The van der Waals surface area contributed by atoms with Gasteiger partial charge < -0.3 is 15.2 Å². The van der Waals surface area contributed by atoms with Gasteiger partial charge in [0.25, 0.3) is 5.91 Å². The maximum atomic E-state index is 12.0. The molecule has 1 aromatic carbocycles. The predicted octanol–water partition coefficient (Wildman–Crippen LogP) is 0.876. The Bertz CT molecular complexity index is 466. The maximum Gasteiger partial charge on any atom is 0.251 e. The highest BCUT2D eigenvalue weighted by atomic mass is 16.5. The van der Waals surface area contributed by atoms with Crippen molar-refractivity contribution in [1.82, 2.24) is 5.32 Å². The van der Waals surface area contributed by atoms with Crippen LogP contribution in [0.1, 0.15) is 28.8 Å². The number of aliphatic hydroxyl groups is 1. The molecule has 1 saturated carbocycles. The second kappa shape index (κ2) is 3.74. The van der Waals surface area contributed by atoms with Gasteiger partial charge in [0.1, 0.15) is 5.75 Å². The SMILES string of the molecule is O=C(NC1(CO)CC1)c1ccc2c(c1)CCO2. The van der Waals surface area contributed by atoms with Gasteiger partial charge in [0.05, 0.1) is 18.8 Å². The van der Waals surface area contributed by atoms with Crippen LogP contribution in [-0.2, 0) is 6.42 Å². The van der Waals surface area contributed by atoms with Crippen LogP contribution in [-0.4, -0.2) is 29.8 Å². The Kier molecular flexibility index (Phi) is 2.33. The number of fused-ring (bicyclic) bond motifs is 1. The van der Waals surface area contributed by atoms with Gasteiger partial charge in [0, 0.05) is 12.0 Å². The smallest absolute Gasteiger partial charge is 0.251 e. The van der Waals surface area contributed by atoms with Gasteiger partial charge in [-0.15, -0.1) is 0 Å². The zero-order valence-electron chi connectivity index (χ0n) is 9.53. The molecule has 0 bridgehead atoms. The molecule has 0 radical (unpaired) electrons. The molecule has 1 heterocycles. The highest BCUT2D eigenvalue weighted by Crippen LogP contribution is 2.35. The third kappa shape index (κ3) is 1.89. The summed E-state index contributed by atoms with van der Waals surface area (Å²) in [5.41, 5.74) is 1.38. The molecular formula is C13H15NO3. The van der Waals surface area contributed by atoms with E-state index in [1.807, 2.05) is 12.1 Å². The first-order valence-electron chi connectivity index (χ1n) is 5.92. The maximum absolute atomic E-state index is 12.0. The van der Waals surface area contributed by atoms with Crippen LogP contribution in [0, 0.1) is 0 Å². The molecule has 0 spiro atoms. The van der Waals surface area contributed by atoms with Crippen LogP contribution in [0.5, 0.6) is 5.75 Å². The Morgan fingerprint density at radius 3 is 3.00 bits per heavy atom. The number of rotatable bonds is 3. The van der Waals surface area contributed by atoms with Gasteiger partial charge in [-0.05, 0) is 36.6 Å². The molecule has 17 heavy (non-hydrogen) atoms. The summed E-state index contributed by atoms with van der Waals surface area (Å²) in [5, 5.41) is 12.1. The standard InChI is InChI=1S/C13H15NO3/c15-8-13(4-5-13)14-12(16)10-1-2-11-9(7-10)3-6-17-11/h1-2,7,15H,3-6,8H2,(H,14,16). The van der Waals surface area contributed by atoms with Gasteiger partial charge in [-0.1, -0.05) is 0 Å². The number of amides is 1. The summed E-state index contributed by atoms with van der Waals surface area (Å²) in [6.07, 6.45) is 2.59. The van der Waals surface area contributed by atoms with Gasteiger partial charge in [-0.3, -0.25) is 4.79 Å². The summed E-state index contributed by atoms with van der Waals surface area (Å²) < 4.78 is 5.40. The van der Waals surface area contributed by atoms with Crippen molar-refractivity contribution < 1.29 is 14.6 Å². The highest BCUT2D eigenvalue weighted by Gasteiger charge is 2.43. The van der Waals surface area contributed by atoms with Gasteiger partial charge in [0.2, 0.25) is 0 Å². The molecule has 2 N–H and O–H groups in total. The third-order valence-corrected chi connectivity index (χ3v) is 3.49. The quantitative estimate of drug-likeness (QED) is 0.814. The Hall–Kier alpha value is -1.55. The van der Waals surface area contributed by atoms with Crippen LogP contribution < -0.4 is 10.1 Å². The lowest BCUT2D eigenvalue weighted by atomic mass is 10.1. The lowest BCUT2D eigenvalue weighted by Gasteiger charge is -2.14. The van der Waals surface area contributed by atoms with Gasteiger partial charge >= 0.3 is 0 Å². The molecule has 0 unspecified atom stereocenters. The van der Waals surface area contributed by atoms with E-state index in [1.165, 1.54) is 0 Å². The zero-order valence-corrected chi connectivity index (χ0v) is 9.53. The number of hydrogen-bond donors (Lipinski definition) is 2. The van der Waals surface area contributed by atoms with Crippen molar-refractivity contribution in [3.8, 4) is 5.75 Å². The first-order valence-corrected chi connectivity index (χ1v) is 5.92. The molecule has 0 atom stereocenters. The van der Waals surface area contributed by atoms with Gasteiger partial charge in [-0.25, -0.2) is 0 Å². The molecule has 1 aromatic rings. The van der Waals surface area contributed by atoms with E-state index in [4.69, 9.17) is 4.74 Å². The van der Waals surface area contributed by atoms with Crippen molar-refractivity contribution in [3.05, 3.63) is 29.3 Å². The Balaban J connectivity index is 1.78. The summed E-state index contributed by atoms with van der Waals surface area (Å²) in [6.45, 7) is 0.716. The van der Waals surface area contributed by atoms with E-state index in [-0.39, 0.29) is 18.1 Å². The monoisotopic (exact) mass is 233 g/mol. The van der Waals surface area contributed by atoms with E-state index >= 15 is 0 Å². The average molecular weight is 233 g/mol. The van der Waals surface area contributed by atoms with E-state index in [1.54, 1.807) is 6.07 Å². The zero-order chi connectivity index (χ0) is 11.9. The van der Waals surface area contributed by atoms with Crippen LogP contribution in [0.4, 0.5) is 0 Å². The summed E-state index contributed by atoms with van der Waals surface area (Å²) in [5.74, 6) is 0.774. The topological polar surface area (TPSA) is 58.6 Å². The molecule has 0 saturated heterocycles. The predicted molar refractivity (Wildman–Crippen MR) is 62.2 cm³/mol. The third-order valence-electron chi connectivity index (χ3n) is 3.49. The lowest BCUT2D eigenvalue weighted by Crippen LogP contribution is -2.39. The molecule has 1 aliphatic carbocycles. The fourth-order valence-corrected chi connectivity index (χ4v) is 2.11. The molecule has 90 valence electrons. The van der Waals surface area contributed by atoms with Crippen molar-refractivity contribution in [3.63, 3.8) is 0 Å². The molecule has 1 amide bonds. The largest absolute Gasteiger partial charge is 0.493 e. The molecule has 4 heteroatoms. The Morgan fingerprint density at radius 2 is 2.29 bits per heavy atom. The first kappa shape index (κ1) is 10.6. The summed E-state index contributed by atoms with van der Waals surface area (Å²) in [6, 6.07) is 5.49. The van der Waals surface area contributed by atoms with Gasteiger partial charge in [-0.2, -0.15) is 0 Å². The average Bonchev–Trinajstić information content (AvgIpc) is 2.96. The van der Waals surface area contributed by atoms with Crippen molar-refractivity contribution in [1.29, 1.82) is 0 Å². The van der Waals surface area contributed by atoms with Crippen LogP contribution in [0.3, 0.4) is 0 Å². The Labute approximate surface area is 99.6 Å². The summed E-state index contributed by atoms with van der Waals surface area (Å²) >= 11 is 0. The summed E-state index contributed by atoms with van der Waals surface area (Å²) in [4.78, 5) is 12.0. The van der Waals surface area contributed by atoms with Gasteiger partial charge in [0.15, 0.2) is 0 Å². The highest BCUT2D eigenvalue weighted by molar-refractivity contribution is 5.95. The van der Waals surface area contributed by atoms with Crippen LogP contribution in [0.15, 0.2) is 18.2 Å². The van der Waals surface area contributed by atoms with Crippen LogP contribution in [0.2, 0.25) is 0 Å². The Morgan fingerprint density at radius 1 is 1.47 bits per heavy atom. The van der Waals surface area contributed by atoms with E-state index in [9.17, 15) is 9.90 Å². The number of ether oxygens (including phenoxy) is 1. The van der Waals surface area contributed by atoms with Crippen LogP contribution >= 0.6 is 0 Å². The van der Waals surface area contributed by atoms with E-state index in [0.29, 0.717) is 12.2 Å². The minimum absolute atomic E-state index is 0.0206. The second-order valence-corrected chi connectivity index (χ2v) is 4.81. The van der Waals surface area contributed by atoms with Crippen molar-refractivity contribution in [2.45, 2.75) is 24.8 Å². The minimum atomic E-state index is -0.355. The molecule has 3 rings (SSSR count). The van der Waals surface area contributed by atoms with E-state index < -0.39 is 0 Å². The van der Waals surface area contributed by atoms with Crippen molar-refractivity contribution >= 4 is 5.91 Å². The number of carbonyl (C=O) groups excluding carboxylic acids is 1. The number of nitrogens with one attached hydrogen (secondary N) is 1. The number of aliphatic hydroxyl groups excluding tert-OH is 1. The normalized spacial score (nSPS) is 19.4. The van der Waals surface area contributed by atoms with Crippen molar-refractivity contribution in [2.24, 2.45) is 0 Å². The fourth-order valence-electron chi connectivity index (χ4n) is 2.11. The second-order valence-electron chi connectivity index (χ2n) is 4.81. The summed E-state index contributed by atoms with van der Waals surface area (Å²) in [7, 11) is 0. The first-order chi connectivity index (χ1) is 8.22. The molecule has 1 fully saturated rings. The number of benzene rings is 1. The molecule has 0 aromatic heterocycles. The number of hydrogen-bond acceptors (Lipinski definition) is 3. The number of carbonyl (C=O) groups is 1. The van der Waals surface area contributed by atoms with E-state index in [0.717, 1.165) is 30.6 Å². The molecule has 1 aliphatic heterocycles. The molecular weight excluding hydrogens is 218 g/mol. The lowest BCUT2D eigenvalue weighted by molar-refractivity contribution is 0.0906. The fraction of sp³-hybridized carbons (Fsp3) is 0.462. The van der Waals surface area contributed by atoms with Crippen molar-refractivity contribution in [2.75, 3.05) is 13.2 Å². The van der Waals surface area contributed by atoms with E-state index in [2.05, 4.69) is 5.32 Å². The van der Waals surface area contributed by atoms with Crippen LogP contribution in [0.25, 0.3) is 0 Å².